The van der Waals surface area contributed by atoms with Gasteiger partial charge in [-0.3, -0.25) is 4.52 Å². The van der Waals surface area contributed by atoms with Crippen molar-refractivity contribution in [3.8, 4) is 11.5 Å². The molecule has 0 aliphatic carbocycles. The smallest absolute Gasteiger partial charge is 0.395 e. The first-order valence-corrected chi connectivity index (χ1v) is 7.53. The molecule has 1 N–H and O–H groups in total. The van der Waals surface area contributed by atoms with E-state index in [9.17, 15) is 4.57 Å². The topological polar surface area (TPSA) is 65.0 Å². The Kier molecular flexibility index (Phi) is 5.18. The number of aliphatic hydroxyl groups is 1. The zero-order valence-corrected chi connectivity index (χ0v) is 11.6. The van der Waals surface area contributed by atoms with Crippen molar-refractivity contribution in [1.82, 2.24) is 0 Å². The monoisotopic (exact) mass is 294 g/mol. The maximum absolute atomic E-state index is 12.5. The lowest BCUT2D eigenvalue weighted by molar-refractivity contribution is 0.159. The normalized spacial score (nSPS) is 11.1. The zero-order valence-electron chi connectivity index (χ0n) is 10.7. The Hall–Kier alpha value is -1.81. The van der Waals surface area contributed by atoms with Gasteiger partial charge in [0.1, 0.15) is 11.5 Å². The largest absolute Gasteiger partial charge is 0.587 e. The summed E-state index contributed by atoms with van der Waals surface area (Å²) >= 11 is 0. The first-order chi connectivity index (χ1) is 9.72. The quantitative estimate of drug-likeness (QED) is 0.794. The highest BCUT2D eigenvalue weighted by Crippen LogP contribution is 2.49. The molecule has 2 aromatic carbocycles. The summed E-state index contributed by atoms with van der Waals surface area (Å²) in [6, 6.07) is 17.2. The minimum atomic E-state index is -3.84. The summed E-state index contributed by atoms with van der Waals surface area (Å²) in [5.41, 5.74) is 0. The SMILES string of the molecule is O=P(OCCO)(Oc1ccccc1)Oc1ccccc1. The van der Waals surface area contributed by atoms with E-state index in [-0.39, 0.29) is 13.2 Å². The highest BCUT2D eigenvalue weighted by molar-refractivity contribution is 7.49. The molecule has 0 spiro atoms. The molecule has 0 unspecified atom stereocenters. The zero-order chi connectivity index (χ0) is 14.3. The molecule has 0 fully saturated rings. The van der Waals surface area contributed by atoms with Gasteiger partial charge in [0.2, 0.25) is 0 Å². The van der Waals surface area contributed by atoms with E-state index in [0.29, 0.717) is 11.5 Å². The summed E-state index contributed by atoms with van der Waals surface area (Å²) in [7, 11) is -3.84. The fourth-order valence-electron chi connectivity index (χ4n) is 1.44. The molecular formula is C14H15O5P. The predicted octanol–water partition coefficient (Wildman–Crippen LogP) is 3.26. The van der Waals surface area contributed by atoms with Crippen molar-refractivity contribution in [3.63, 3.8) is 0 Å². The third kappa shape index (κ3) is 4.38. The Morgan fingerprint density at radius 1 is 0.850 bits per heavy atom. The fourth-order valence-corrected chi connectivity index (χ4v) is 2.65. The van der Waals surface area contributed by atoms with Gasteiger partial charge in [-0.15, -0.1) is 0 Å². The van der Waals surface area contributed by atoms with E-state index < -0.39 is 7.82 Å². The Labute approximate surface area is 117 Å². The van der Waals surface area contributed by atoms with E-state index in [0.717, 1.165) is 0 Å². The van der Waals surface area contributed by atoms with Gasteiger partial charge in [-0.2, -0.15) is 0 Å². The van der Waals surface area contributed by atoms with Crippen molar-refractivity contribution < 1.29 is 23.2 Å². The molecule has 2 rings (SSSR count). The van der Waals surface area contributed by atoms with Crippen LogP contribution in [0.1, 0.15) is 0 Å². The lowest BCUT2D eigenvalue weighted by atomic mass is 10.3. The van der Waals surface area contributed by atoms with Crippen LogP contribution < -0.4 is 9.05 Å². The second-order valence-corrected chi connectivity index (χ2v) is 5.33. The third-order valence-electron chi connectivity index (χ3n) is 2.26. The van der Waals surface area contributed by atoms with Gasteiger partial charge in [0.25, 0.3) is 0 Å². The molecule has 0 bridgehead atoms. The Morgan fingerprint density at radius 3 is 1.70 bits per heavy atom. The molecule has 0 atom stereocenters. The van der Waals surface area contributed by atoms with Crippen LogP contribution in [0.3, 0.4) is 0 Å². The van der Waals surface area contributed by atoms with Gasteiger partial charge in [-0.25, -0.2) is 4.57 Å². The van der Waals surface area contributed by atoms with Crippen LogP contribution in [0.25, 0.3) is 0 Å². The number of para-hydroxylation sites is 2. The number of hydrogen-bond donors (Lipinski definition) is 1. The summed E-state index contributed by atoms with van der Waals surface area (Å²) in [6.07, 6.45) is 0. The number of phosphoric acid groups is 1. The van der Waals surface area contributed by atoms with Crippen molar-refractivity contribution in [1.29, 1.82) is 0 Å². The molecule has 0 saturated carbocycles. The summed E-state index contributed by atoms with van der Waals surface area (Å²) in [5, 5.41) is 8.80. The third-order valence-corrected chi connectivity index (χ3v) is 3.63. The molecule has 0 aliphatic rings. The second kappa shape index (κ2) is 7.10. The maximum atomic E-state index is 12.5. The van der Waals surface area contributed by atoms with Crippen molar-refractivity contribution in [2.24, 2.45) is 0 Å². The van der Waals surface area contributed by atoms with Crippen LogP contribution in [0.4, 0.5) is 0 Å². The maximum Gasteiger partial charge on any atom is 0.587 e. The van der Waals surface area contributed by atoms with Gasteiger partial charge >= 0.3 is 7.82 Å². The Bertz CT molecular complexity index is 513. The van der Waals surface area contributed by atoms with Gasteiger partial charge in [0, 0.05) is 0 Å². The van der Waals surface area contributed by atoms with Gasteiger partial charge in [-0.1, -0.05) is 36.4 Å². The number of phosphoric ester groups is 1. The summed E-state index contributed by atoms with van der Waals surface area (Å²) < 4.78 is 28.2. The molecule has 0 amide bonds. The van der Waals surface area contributed by atoms with Gasteiger partial charge in [0.05, 0.1) is 13.2 Å². The number of aliphatic hydroxyl groups excluding tert-OH is 1. The van der Waals surface area contributed by atoms with E-state index in [2.05, 4.69) is 0 Å². The van der Waals surface area contributed by atoms with E-state index in [1.165, 1.54) is 0 Å². The molecule has 20 heavy (non-hydrogen) atoms. The molecule has 0 aliphatic heterocycles. The van der Waals surface area contributed by atoms with Crippen LogP contribution in [-0.2, 0) is 9.09 Å². The van der Waals surface area contributed by atoms with E-state index in [1.54, 1.807) is 48.5 Å². The van der Waals surface area contributed by atoms with Crippen LogP contribution in [0.5, 0.6) is 11.5 Å². The van der Waals surface area contributed by atoms with Crippen LogP contribution in [0.2, 0.25) is 0 Å². The first-order valence-electron chi connectivity index (χ1n) is 6.06. The minimum absolute atomic E-state index is 0.142. The van der Waals surface area contributed by atoms with Gasteiger partial charge in [0.15, 0.2) is 0 Å². The van der Waals surface area contributed by atoms with Crippen molar-refractivity contribution in [2.75, 3.05) is 13.2 Å². The number of hydrogen-bond acceptors (Lipinski definition) is 5. The molecule has 0 saturated heterocycles. The molecular weight excluding hydrogens is 279 g/mol. The average Bonchev–Trinajstić information content (AvgIpc) is 2.47. The summed E-state index contributed by atoms with van der Waals surface area (Å²) in [4.78, 5) is 0. The molecule has 5 nitrogen and oxygen atoms in total. The highest BCUT2D eigenvalue weighted by atomic mass is 31.2. The first kappa shape index (κ1) is 14.6. The standard InChI is InChI=1S/C14H15O5P/c15-11-12-17-20(16,18-13-7-3-1-4-8-13)19-14-9-5-2-6-10-14/h1-10,15H,11-12H2. The summed E-state index contributed by atoms with van der Waals surface area (Å²) in [6.45, 7) is -0.419. The van der Waals surface area contributed by atoms with Crippen molar-refractivity contribution in [2.45, 2.75) is 0 Å². The molecule has 0 radical (unpaired) electrons. The average molecular weight is 294 g/mol. The number of rotatable bonds is 7. The van der Waals surface area contributed by atoms with Crippen LogP contribution in [0.15, 0.2) is 60.7 Å². The molecule has 106 valence electrons. The predicted molar refractivity (Wildman–Crippen MR) is 74.8 cm³/mol. The molecule has 0 heterocycles. The molecule has 6 heteroatoms. The van der Waals surface area contributed by atoms with Crippen LogP contribution >= 0.6 is 7.82 Å². The second-order valence-electron chi connectivity index (χ2n) is 3.81. The van der Waals surface area contributed by atoms with Gasteiger partial charge < -0.3 is 14.2 Å². The minimum Gasteiger partial charge on any atom is -0.395 e. The fraction of sp³-hybridized carbons (Fsp3) is 0.143. The van der Waals surface area contributed by atoms with E-state index >= 15 is 0 Å². The lowest BCUT2D eigenvalue weighted by Gasteiger charge is -2.18. The van der Waals surface area contributed by atoms with Crippen molar-refractivity contribution >= 4 is 7.82 Å². The molecule has 0 aromatic heterocycles. The summed E-state index contributed by atoms with van der Waals surface area (Å²) in [5.74, 6) is 0.731. The van der Waals surface area contributed by atoms with E-state index in [4.69, 9.17) is 18.7 Å². The highest BCUT2D eigenvalue weighted by Gasteiger charge is 2.30. The molecule has 2 aromatic rings. The van der Waals surface area contributed by atoms with Crippen molar-refractivity contribution in [3.05, 3.63) is 60.7 Å². The van der Waals surface area contributed by atoms with E-state index in [1.807, 2.05) is 12.1 Å². The Balaban J connectivity index is 2.15. The van der Waals surface area contributed by atoms with Gasteiger partial charge in [-0.05, 0) is 24.3 Å². The Morgan fingerprint density at radius 2 is 1.30 bits per heavy atom. The number of benzene rings is 2. The van der Waals surface area contributed by atoms with Crippen LogP contribution in [0, 0.1) is 0 Å². The van der Waals surface area contributed by atoms with Crippen LogP contribution in [-0.4, -0.2) is 18.3 Å². The lowest BCUT2D eigenvalue weighted by Crippen LogP contribution is -2.07.